The SMILES string of the molecule is Cc1ccc(-n2nnc(C(=O)NC(C)(C)CO)n2)cc1. The Balaban J connectivity index is 2.17. The molecule has 0 radical (unpaired) electrons. The molecular formula is C13H17N5O2. The van der Waals surface area contributed by atoms with Gasteiger partial charge in [0.25, 0.3) is 11.7 Å². The number of aryl methyl sites for hydroxylation is 1. The number of amides is 1. The summed E-state index contributed by atoms with van der Waals surface area (Å²) in [5.74, 6) is -0.505. The van der Waals surface area contributed by atoms with Crippen molar-refractivity contribution in [1.29, 1.82) is 0 Å². The van der Waals surface area contributed by atoms with Crippen LogP contribution in [0.1, 0.15) is 30.0 Å². The maximum atomic E-state index is 11.9. The molecule has 106 valence electrons. The van der Waals surface area contributed by atoms with Crippen LogP contribution in [0.15, 0.2) is 24.3 Å². The average molecular weight is 275 g/mol. The van der Waals surface area contributed by atoms with E-state index < -0.39 is 11.4 Å². The van der Waals surface area contributed by atoms with Crippen LogP contribution < -0.4 is 5.32 Å². The largest absolute Gasteiger partial charge is 0.394 e. The number of aliphatic hydroxyl groups excluding tert-OH is 1. The van der Waals surface area contributed by atoms with Gasteiger partial charge >= 0.3 is 0 Å². The van der Waals surface area contributed by atoms with E-state index in [1.165, 1.54) is 4.80 Å². The number of nitrogens with zero attached hydrogens (tertiary/aromatic N) is 4. The van der Waals surface area contributed by atoms with Crippen molar-refractivity contribution in [2.24, 2.45) is 0 Å². The van der Waals surface area contributed by atoms with Crippen molar-refractivity contribution in [3.63, 3.8) is 0 Å². The number of nitrogens with one attached hydrogen (secondary N) is 1. The summed E-state index contributed by atoms with van der Waals surface area (Å²) in [5.41, 5.74) is 1.12. The van der Waals surface area contributed by atoms with Crippen molar-refractivity contribution in [1.82, 2.24) is 25.5 Å². The van der Waals surface area contributed by atoms with Gasteiger partial charge in [-0.2, -0.15) is 0 Å². The lowest BCUT2D eigenvalue weighted by Gasteiger charge is -2.22. The van der Waals surface area contributed by atoms with Crippen LogP contribution in [0.3, 0.4) is 0 Å². The van der Waals surface area contributed by atoms with E-state index in [9.17, 15) is 4.79 Å². The van der Waals surface area contributed by atoms with Crippen molar-refractivity contribution >= 4 is 5.91 Å². The molecule has 7 heteroatoms. The Morgan fingerprint density at radius 3 is 2.60 bits per heavy atom. The standard InChI is InChI=1S/C13H17N5O2/c1-9-4-6-10(7-5-9)18-16-11(15-17-18)12(20)14-13(2,3)8-19/h4-7,19H,8H2,1-3H3,(H,14,20). The maximum Gasteiger partial charge on any atom is 0.293 e. The molecule has 0 saturated carbocycles. The van der Waals surface area contributed by atoms with Gasteiger partial charge in [-0.05, 0) is 38.1 Å². The lowest BCUT2D eigenvalue weighted by atomic mass is 10.1. The molecule has 2 N–H and O–H groups in total. The predicted octanol–water partition coefficient (Wildman–Crippen LogP) is 0.471. The van der Waals surface area contributed by atoms with E-state index >= 15 is 0 Å². The summed E-state index contributed by atoms with van der Waals surface area (Å²) in [7, 11) is 0. The summed E-state index contributed by atoms with van der Waals surface area (Å²) in [5, 5.41) is 23.3. The van der Waals surface area contributed by atoms with Crippen LogP contribution in [-0.4, -0.2) is 43.4 Å². The third-order valence-electron chi connectivity index (χ3n) is 2.73. The fourth-order valence-corrected chi connectivity index (χ4v) is 1.50. The quantitative estimate of drug-likeness (QED) is 0.846. The van der Waals surface area contributed by atoms with Gasteiger partial charge in [-0.1, -0.05) is 17.7 Å². The molecule has 2 aromatic rings. The first-order chi connectivity index (χ1) is 9.41. The molecule has 0 aliphatic rings. The molecule has 0 bridgehead atoms. The monoisotopic (exact) mass is 275 g/mol. The van der Waals surface area contributed by atoms with Gasteiger partial charge in [0.2, 0.25) is 0 Å². The Morgan fingerprint density at radius 2 is 2.00 bits per heavy atom. The molecule has 7 nitrogen and oxygen atoms in total. The van der Waals surface area contributed by atoms with Crippen LogP contribution in [0.2, 0.25) is 0 Å². The second-order valence-electron chi connectivity index (χ2n) is 5.23. The number of rotatable bonds is 4. The van der Waals surface area contributed by atoms with Crippen LogP contribution in [0.4, 0.5) is 0 Å². The van der Waals surface area contributed by atoms with E-state index in [-0.39, 0.29) is 12.4 Å². The number of hydrogen-bond acceptors (Lipinski definition) is 5. The molecule has 0 aliphatic heterocycles. The number of aliphatic hydroxyl groups is 1. The van der Waals surface area contributed by atoms with E-state index in [0.717, 1.165) is 11.3 Å². The Bertz CT molecular complexity index is 603. The summed E-state index contributed by atoms with van der Waals surface area (Å²) in [4.78, 5) is 13.2. The minimum absolute atomic E-state index is 0.0351. The first-order valence-corrected chi connectivity index (χ1v) is 6.22. The highest BCUT2D eigenvalue weighted by Crippen LogP contribution is 2.07. The number of aromatic nitrogens is 4. The van der Waals surface area contributed by atoms with Gasteiger partial charge in [-0.3, -0.25) is 4.79 Å². The van der Waals surface area contributed by atoms with Crippen molar-refractivity contribution in [2.45, 2.75) is 26.3 Å². The molecular weight excluding hydrogens is 258 g/mol. The van der Waals surface area contributed by atoms with Crippen LogP contribution >= 0.6 is 0 Å². The van der Waals surface area contributed by atoms with Gasteiger partial charge in [-0.15, -0.1) is 15.0 Å². The third kappa shape index (κ3) is 3.18. The van der Waals surface area contributed by atoms with Gasteiger partial charge in [-0.25, -0.2) is 0 Å². The number of carbonyl (C=O) groups excluding carboxylic acids is 1. The lowest BCUT2D eigenvalue weighted by molar-refractivity contribution is 0.0858. The summed E-state index contributed by atoms with van der Waals surface area (Å²) < 4.78 is 0. The molecule has 0 unspecified atom stereocenters. The zero-order valence-corrected chi connectivity index (χ0v) is 11.7. The van der Waals surface area contributed by atoms with Gasteiger partial charge in [0.15, 0.2) is 0 Å². The molecule has 1 amide bonds. The highest BCUT2D eigenvalue weighted by Gasteiger charge is 2.23. The minimum Gasteiger partial charge on any atom is -0.394 e. The third-order valence-corrected chi connectivity index (χ3v) is 2.73. The minimum atomic E-state index is -0.730. The van der Waals surface area contributed by atoms with E-state index in [1.807, 2.05) is 31.2 Å². The highest BCUT2D eigenvalue weighted by atomic mass is 16.3. The molecule has 0 aliphatic carbocycles. The van der Waals surface area contributed by atoms with Crippen molar-refractivity contribution in [3.05, 3.63) is 35.7 Å². The van der Waals surface area contributed by atoms with Crippen molar-refractivity contribution < 1.29 is 9.90 Å². The Morgan fingerprint density at radius 1 is 1.35 bits per heavy atom. The number of carbonyl (C=O) groups is 1. The number of hydrogen-bond donors (Lipinski definition) is 2. The fourth-order valence-electron chi connectivity index (χ4n) is 1.50. The molecule has 0 fully saturated rings. The van der Waals surface area contributed by atoms with Gasteiger partial charge in [0.1, 0.15) is 0 Å². The smallest absolute Gasteiger partial charge is 0.293 e. The van der Waals surface area contributed by atoms with E-state index in [4.69, 9.17) is 5.11 Å². The molecule has 1 aromatic heterocycles. The van der Waals surface area contributed by atoms with E-state index in [1.54, 1.807) is 13.8 Å². The van der Waals surface area contributed by atoms with Gasteiger partial charge in [0, 0.05) is 0 Å². The maximum absolute atomic E-state index is 11.9. The predicted molar refractivity (Wildman–Crippen MR) is 72.5 cm³/mol. The first-order valence-electron chi connectivity index (χ1n) is 6.22. The van der Waals surface area contributed by atoms with Crippen LogP contribution in [0, 0.1) is 6.92 Å². The zero-order valence-electron chi connectivity index (χ0n) is 11.7. The molecule has 0 saturated heterocycles. The number of benzene rings is 1. The highest BCUT2D eigenvalue weighted by molar-refractivity contribution is 5.90. The normalized spacial score (nSPS) is 11.4. The molecule has 1 aromatic carbocycles. The molecule has 0 spiro atoms. The summed E-state index contributed by atoms with van der Waals surface area (Å²) >= 11 is 0. The van der Waals surface area contributed by atoms with Crippen LogP contribution in [0.5, 0.6) is 0 Å². The fraction of sp³-hybridized carbons (Fsp3) is 0.385. The molecule has 2 rings (SSSR count). The van der Waals surface area contributed by atoms with Gasteiger partial charge in [0.05, 0.1) is 17.8 Å². The Kier molecular flexibility index (Phi) is 3.80. The van der Waals surface area contributed by atoms with Crippen molar-refractivity contribution in [3.8, 4) is 5.69 Å². The van der Waals surface area contributed by atoms with E-state index in [0.29, 0.717) is 0 Å². The Hall–Kier alpha value is -2.28. The molecule has 0 atom stereocenters. The zero-order chi connectivity index (χ0) is 14.8. The molecule has 1 heterocycles. The number of tetrazole rings is 1. The summed E-state index contributed by atoms with van der Waals surface area (Å²) in [6.07, 6.45) is 0. The second-order valence-corrected chi connectivity index (χ2v) is 5.23. The topological polar surface area (TPSA) is 92.9 Å². The van der Waals surface area contributed by atoms with Gasteiger partial charge < -0.3 is 10.4 Å². The van der Waals surface area contributed by atoms with Crippen LogP contribution in [-0.2, 0) is 0 Å². The lowest BCUT2D eigenvalue weighted by Crippen LogP contribution is -2.46. The summed E-state index contributed by atoms with van der Waals surface area (Å²) in [6.45, 7) is 5.21. The average Bonchev–Trinajstić information content (AvgIpc) is 2.89. The molecule has 20 heavy (non-hydrogen) atoms. The van der Waals surface area contributed by atoms with Crippen molar-refractivity contribution in [2.75, 3.05) is 6.61 Å². The van der Waals surface area contributed by atoms with Crippen LogP contribution in [0.25, 0.3) is 5.69 Å². The summed E-state index contributed by atoms with van der Waals surface area (Å²) in [6, 6.07) is 7.54. The van der Waals surface area contributed by atoms with E-state index in [2.05, 4.69) is 20.7 Å². The first kappa shape index (κ1) is 14.1. The second kappa shape index (κ2) is 5.38. The Labute approximate surface area is 116 Å².